The van der Waals surface area contributed by atoms with Crippen LogP contribution >= 0.6 is 0 Å². The smallest absolute Gasteiger partial charge is 0.239 e. The van der Waals surface area contributed by atoms with Gasteiger partial charge in [-0.05, 0) is 25.7 Å². The Bertz CT molecular complexity index is 181. The lowest BCUT2D eigenvalue weighted by Gasteiger charge is -2.28. The van der Waals surface area contributed by atoms with Gasteiger partial charge in [0.25, 0.3) is 0 Å². The molecule has 0 aromatic heterocycles. The van der Waals surface area contributed by atoms with Crippen LogP contribution in [0.1, 0.15) is 25.7 Å². The minimum atomic E-state index is -0.196. The average molecular weight is 154 g/mol. The quantitative estimate of drug-likeness (QED) is 0.538. The fourth-order valence-corrected chi connectivity index (χ4v) is 2.14. The number of rotatable bonds is 0. The molecule has 2 aliphatic rings. The second-order valence-corrected chi connectivity index (χ2v) is 3.52. The Balaban J connectivity index is 2.11. The summed E-state index contributed by atoms with van der Waals surface area (Å²) in [7, 11) is 0. The molecule has 11 heavy (non-hydrogen) atoms. The van der Waals surface area contributed by atoms with Crippen LogP contribution in [-0.2, 0) is 4.79 Å². The molecule has 2 unspecified atom stereocenters. The first-order valence-electron chi connectivity index (χ1n) is 4.35. The van der Waals surface area contributed by atoms with Crippen molar-refractivity contribution in [3.05, 3.63) is 0 Å². The van der Waals surface area contributed by atoms with Gasteiger partial charge in [-0.3, -0.25) is 4.79 Å². The van der Waals surface area contributed by atoms with E-state index in [4.69, 9.17) is 5.73 Å². The minimum Gasteiger partial charge on any atom is -0.338 e. The third-order valence-corrected chi connectivity index (χ3v) is 2.75. The largest absolute Gasteiger partial charge is 0.338 e. The molecule has 0 aromatic rings. The summed E-state index contributed by atoms with van der Waals surface area (Å²) in [6.45, 7) is 0.942. The molecule has 0 aromatic carbocycles. The van der Waals surface area contributed by atoms with E-state index >= 15 is 0 Å². The van der Waals surface area contributed by atoms with Gasteiger partial charge in [0.15, 0.2) is 0 Å². The molecule has 2 atom stereocenters. The van der Waals surface area contributed by atoms with Crippen LogP contribution in [-0.4, -0.2) is 29.4 Å². The van der Waals surface area contributed by atoms with Gasteiger partial charge < -0.3 is 10.6 Å². The van der Waals surface area contributed by atoms with Crippen molar-refractivity contribution in [1.29, 1.82) is 0 Å². The number of hydrogen-bond donors (Lipinski definition) is 1. The van der Waals surface area contributed by atoms with Crippen LogP contribution in [0.5, 0.6) is 0 Å². The van der Waals surface area contributed by atoms with Crippen molar-refractivity contribution in [3.8, 4) is 0 Å². The van der Waals surface area contributed by atoms with Gasteiger partial charge in [0.2, 0.25) is 5.91 Å². The maximum Gasteiger partial charge on any atom is 0.239 e. The standard InChI is InChI=1S/C8H14N2O/c9-7-5-6-3-1-2-4-10(6)8(7)11/h6-7H,1-5,9H2. The first-order chi connectivity index (χ1) is 5.29. The molecule has 0 aliphatic carbocycles. The van der Waals surface area contributed by atoms with Crippen LogP contribution in [0.2, 0.25) is 0 Å². The van der Waals surface area contributed by atoms with Crippen molar-refractivity contribution in [2.45, 2.75) is 37.8 Å². The summed E-state index contributed by atoms with van der Waals surface area (Å²) in [4.78, 5) is 13.3. The number of nitrogens with zero attached hydrogens (tertiary/aromatic N) is 1. The maximum atomic E-state index is 11.3. The predicted octanol–water partition coefficient (Wildman–Crippen LogP) is 0.0985. The van der Waals surface area contributed by atoms with E-state index in [0.29, 0.717) is 6.04 Å². The van der Waals surface area contributed by atoms with Gasteiger partial charge in [0, 0.05) is 12.6 Å². The van der Waals surface area contributed by atoms with Crippen LogP contribution in [0.3, 0.4) is 0 Å². The van der Waals surface area contributed by atoms with Crippen LogP contribution in [0.25, 0.3) is 0 Å². The molecular weight excluding hydrogens is 140 g/mol. The van der Waals surface area contributed by atoms with Crippen molar-refractivity contribution >= 4 is 5.91 Å². The summed E-state index contributed by atoms with van der Waals surface area (Å²) in [6, 6.07) is 0.282. The van der Waals surface area contributed by atoms with E-state index in [2.05, 4.69) is 0 Å². The summed E-state index contributed by atoms with van der Waals surface area (Å²) >= 11 is 0. The number of hydrogen-bond acceptors (Lipinski definition) is 2. The summed E-state index contributed by atoms with van der Waals surface area (Å²) in [5.74, 6) is 0.176. The Morgan fingerprint density at radius 2 is 2.27 bits per heavy atom. The van der Waals surface area contributed by atoms with Gasteiger partial charge in [0.05, 0.1) is 6.04 Å². The van der Waals surface area contributed by atoms with Crippen LogP contribution in [0.4, 0.5) is 0 Å². The molecule has 2 heterocycles. The molecule has 2 saturated heterocycles. The van der Waals surface area contributed by atoms with Crippen molar-refractivity contribution in [2.75, 3.05) is 6.54 Å². The van der Waals surface area contributed by atoms with Gasteiger partial charge in [-0.2, -0.15) is 0 Å². The maximum absolute atomic E-state index is 11.3. The molecular formula is C8H14N2O. The summed E-state index contributed by atoms with van der Waals surface area (Å²) in [6.07, 6.45) is 4.48. The van der Waals surface area contributed by atoms with E-state index in [9.17, 15) is 4.79 Å². The van der Waals surface area contributed by atoms with E-state index in [1.54, 1.807) is 0 Å². The third kappa shape index (κ3) is 1.03. The molecule has 0 bridgehead atoms. The number of fused-ring (bicyclic) bond motifs is 1. The van der Waals surface area contributed by atoms with Crippen LogP contribution in [0, 0.1) is 0 Å². The molecule has 0 saturated carbocycles. The Kier molecular flexibility index (Phi) is 1.60. The average Bonchev–Trinajstić information content (AvgIpc) is 2.30. The monoisotopic (exact) mass is 154 g/mol. The molecule has 0 spiro atoms. The number of carbonyl (C=O) groups is 1. The fraction of sp³-hybridized carbons (Fsp3) is 0.875. The summed E-state index contributed by atoms with van der Waals surface area (Å²) < 4.78 is 0. The molecule has 0 radical (unpaired) electrons. The van der Waals surface area contributed by atoms with E-state index in [1.165, 1.54) is 12.8 Å². The first-order valence-corrected chi connectivity index (χ1v) is 4.35. The van der Waals surface area contributed by atoms with E-state index in [1.807, 2.05) is 4.90 Å². The molecule has 2 rings (SSSR count). The van der Waals surface area contributed by atoms with Gasteiger partial charge in [0.1, 0.15) is 0 Å². The van der Waals surface area contributed by atoms with Gasteiger partial charge in [-0.15, -0.1) is 0 Å². The molecule has 3 heteroatoms. The highest BCUT2D eigenvalue weighted by atomic mass is 16.2. The molecule has 2 aliphatic heterocycles. The number of carbonyl (C=O) groups excluding carboxylic acids is 1. The zero-order valence-corrected chi connectivity index (χ0v) is 6.62. The molecule has 2 N–H and O–H groups in total. The van der Waals surface area contributed by atoms with Gasteiger partial charge in [-0.1, -0.05) is 0 Å². The lowest BCUT2D eigenvalue weighted by Crippen LogP contribution is -2.39. The summed E-state index contributed by atoms with van der Waals surface area (Å²) in [5.41, 5.74) is 5.65. The second-order valence-electron chi connectivity index (χ2n) is 3.52. The highest BCUT2D eigenvalue weighted by Crippen LogP contribution is 2.26. The second kappa shape index (κ2) is 2.48. The molecule has 3 nitrogen and oxygen atoms in total. The van der Waals surface area contributed by atoms with Crippen molar-refractivity contribution in [3.63, 3.8) is 0 Å². The zero-order valence-electron chi connectivity index (χ0n) is 6.62. The fourth-order valence-electron chi connectivity index (χ4n) is 2.14. The first kappa shape index (κ1) is 7.10. The zero-order chi connectivity index (χ0) is 7.84. The minimum absolute atomic E-state index is 0.176. The van der Waals surface area contributed by atoms with Crippen molar-refractivity contribution < 1.29 is 4.79 Å². The van der Waals surface area contributed by atoms with E-state index in [0.717, 1.165) is 19.4 Å². The number of piperidine rings is 1. The normalized spacial score (nSPS) is 37.5. The van der Waals surface area contributed by atoms with Crippen LogP contribution < -0.4 is 5.73 Å². The highest BCUT2D eigenvalue weighted by Gasteiger charge is 2.37. The van der Waals surface area contributed by atoms with Gasteiger partial charge in [-0.25, -0.2) is 0 Å². The van der Waals surface area contributed by atoms with Crippen LogP contribution in [0.15, 0.2) is 0 Å². The van der Waals surface area contributed by atoms with E-state index < -0.39 is 0 Å². The SMILES string of the molecule is NC1CC2CCCCN2C1=O. The van der Waals surface area contributed by atoms with E-state index in [-0.39, 0.29) is 11.9 Å². The Hall–Kier alpha value is -0.570. The predicted molar refractivity (Wildman–Crippen MR) is 41.9 cm³/mol. The molecule has 62 valence electrons. The summed E-state index contributed by atoms with van der Waals surface area (Å²) in [5, 5.41) is 0. The molecule has 2 fully saturated rings. The number of nitrogens with two attached hydrogens (primary N) is 1. The Morgan fingerprint density at radius 1 is 1.45 bits per heavy atom. The number of amides is 1. The van der Waals surface area contributed by atoms with Crippen molar-refractivity contribution in [2.24, 2.45) is 5.73 Å². The lowest BCUT2D eigenvalue weighted by atomic mass is 10.0. The Morgan fingerprint density at radius 3 is 3.00 bits per heavy atom. The van der Waals surface area contributed by atoms with Gasteiger partial charge >= 0.3 is 0 Å². The topological polar surface area (TPSA) is 46.3 Å². The van der Waals surface area contributed by atoms with Crippen molar-refractivity contribution in [1.82, 2.24) is 4.90 Å². The lowest BCUT2D eigenvalue weighted by molar-refractivity contribution is -0.130. The third-order valence-electron chi connectivity index (χ3n) is 2.75. The highest BCUT2D eigenvalue weighted by molar-refractivity contribution is 5.84. The molecule has 1 amide bonds. The Labute approximate surface area is 66.5 Å².